The molecule has 10 nitrogen and oxygen atoms in total. The Kier molecular flexibility index (Phi) is 8.41. The Morgan fingerprint density at radius 1 is 1.00 bits per heavy atom. The minimum absolute atomic E-state index is 0.00477. The Bertz CT molecular complexity index is 1490. The van der Waals surface area contributed by atoms with Crippen LogP contribution in [0.25, 0.3) is 0 Å². The van der Waals surface area contributed by atoms with Crippen molar-refractivity contribution in [3.8, 4) is 0 Å². The quantitative estimate of drug-likeness (QED) is 0.361. The summed E-state index contributed by atoms with van der Waals surface area (Å²) in [6.07, 6.45) is -1.98. The number of ether oxygens (including phenoxy) is 2. The lowest BCUT2D eigenvalue weighted by molar-refractivity contribution is 0.0941. The number of rotatable bonds is 8. The summed E-state index contributed by atoms with van der Waals surface area (Å²) in [5.74, 6) is -0.531. The molecule has 0 bridgehead atoms. The maximum atomic E-state index is 15.2. The smallest absolute Gasteiger partial charge is 0.414 e. The lowest BCUT2D eigenvalue weighted by Gasteiger charge is -2.35. The Morgan fingerprint density at radius 3 is 2.39 bits per heavy atom. The van der Waals surface area contributed by atoms with Crippen molar-refractivity contribution in [2.75, 3.05) is 49.1 Å². The molecule has 12 heteroatoms. The molecule has 1 unspecified atom stereocenters. The molecule has 2 heterocycles. The van der Waals surface area contributed by atoms with Gasteiger partial charge in [0.15, 0.2) is 0 Å². The highest BCUT2D eigenvalue weighted by atomic mass is 32.2. The second-order valence-corrected chi connectivity index (χ2v) is 11.4. The molecular weight excluding hydrogens is 553 g/mol. The molecule has 0 aliphatic carbocycles. The van der Waals surface area contributed by atoms with Gasteiger partial charge in [0.25, 0.3) is 10.1 Å². The van der Waals surface area contributed by atoms with Crippen molar-refractivity contribution >= 4 is 33.7 Å². The second-order valence-electron chi connectivity index (χ2n) is 9.82. The van der Waals surface area contributed by atoms with Crippen molar-refractivity contribution in [1.82, 2.24) is 4.90 Å². The molecule has 0 aromatic heterocycles. The van der Waals surface area contributed by atoms with Crippen LogP contribution in [-0.2, 0) is 30.4 Å². The average Bonchev–Trinajstić information content (AvgIpc) is 3.36. The SMILES string of the molecule is Cc1ccc(S(=O)(=O)OCC2CN(c3ccc(N4CCN(C(=O)OCc5ccccc5)CC4)c(F)c3)C(=O)O2)cc1. The number of piperazine rings is 1. The first-order chi connectivity index (χ1) is 19.7. The van der Waals surface area contributed by atoms with E-state index >= 15 is 4.39 Å². The van der Waals surface area contributed by atoms with E-state index in [-0.39, 0.29) is 30.3 Å². The molecule has 2 amide bonds. The van der Waals surface area contributed by atoms with E-state index in [0.717, 1.165) is 11.1 Å². The van der Waals surface area contributed by atoms with Crippen LogP contribution in [0.3, 0.4) is 0 Å². The molecular formula is C29H30FN3O7S. The van der Waals surface area contributed by atoms with Gasteiger partial charge in [-0.25, -0.2) is 14.0 Å². The summed E-state index contributed by atoms with van der Waals surface area (Å²) < 4.78 is 55.8. The van der Waals surface area contributed by atoms with Crippen molar-refractivity contribution < 1.29 is 36.1 Å². The molecule has 0 N–H and O–H groups in total. The minimum atomic E-state index is -4.02. The summed E-state index contributed by atoms with van der Waals surface area (Å²) in [7, 11) is -4.02. The highest BCUT2D eigenvalue weighted by Gasteiger charge is 2.34. The normalized spacial score (nSPS) is 17.5. The third-order valence-corrected chi connectivity index (χ3v) is 8.22. The highest BCUT2D eigenvalue weighted by Crippen LogP contribution is 2.29. The van der Waals surface area contributed by atoms with Gasteiger partial charge in [0.2, 0.25) is 0 Å². The van der Waals surface area contributed by atoms with Crippen molar-refractivity contribution in [1.29, 1.82) is 0 Å². The fourth-order valence-electron chi connectivity index (χ4n) is 4.62. The first kappa shape index (κ1) is 28.4. The molecule has 3 aromatic rings. The number of amides is 2. The van der Waals surface area contributed by atoms with Gasteiger partial charge >= 0.3 is 12.2 Å². The van der Waals surface area contributed by atoms with Gasteiger partial charge in [0, 0.05) is 26.2 Å². The van der Waals surface area contributed by atoms with Crippen LogP contribution in [0.2, 0.25) is 0 Å². The first-order valence-electron chi connectivity index (χ1n) is 13.1. The third-order valence-electron chi connectivity index (χ3n) is 6.92. The molecule has 41 heavy (non-hydrogen) atoms. The molecule has 0 radical (unpaired) electrons. The maximum Gasteiger partial charge on any atom is 0.414 e. The number of hydrogen-bond donors (Lipinski definition) is 0. The zero-order valence-electron chi connectivity index (χ0n) is 22.4. The standard InChI is InChI=1S/C29H30FN3O7S/c1-21-7-10-25(11-8-21)41(36,37)39-20-24-18-33(29(35)40-24)23-9-12-27(26(30)17-23)31-13-15-32(16-14-31)28(34)38-19-22-5-3-2-4-6-22/h2-12,17,24H,13-16,18-20H2,1H3. The van der Waals surface area contributed by atoms with Gasteiger partial charge in [-0.15, -0.1) is 0 Å². The molecule has 216 valence electrons. The molecule has 2 aliphatic heterocycles. The summed E-state index contributed by atoms with van der Waals surface area (Å²) in [5, 5.41) is 0. The number of aryl methyl sites for hydroxylation is 1. The Balaban J connectivity index is 1.13. The molecule has 0 spiro atoms. The molecule has 2 aliphatic rings. The van der Waals surface area contributed by atoms with Gasteiger partial charge in [-0.05, 0) is 42.8 Å². The van der Waals surface area contributed by atoms with Crippen LogP contribution in [0.5, 0.6) is 0 Å². The Morgan fingerprint density at radius 2 is 1.71 bits per heavy atom. The summed E-state index contributed by atoms with van der Waals surface area (Å²) in [4.78, 5) is 29.6. The Labute approximate surface area is 237 Å². The number of cyclic esters (lactones) is 1. The Hall–Kier alpha value is -4.16. The largest absolute Gasteiger partial charge is 0.445 e. The molecule has 2 fully saturated rings. The zero-order valence-corrected chi connectivity index (χ0v) is 23.3. The van der Waals surface area contributed by atoms with Gasteiger partial charge in [-0.3, -0.25) is 9.08 Å². The lowest BCUT2D eigenvalue weighted by Crippen LogP contribution is -2.49. The molecule has 0 saturated carbocycles. The average molecular weight is 584 g/mol. The highest BCUT2D eigenvalue weighted by molar-refractivity contribution is 7.86. The predicted octanol–water partition coefficient (Wildman–Crippen LogP) is 4.32. The third kappa shape index (κ3) is 6.77. The fraction of sp³-hybridized carbons (Fsp3) is 0.310. The number of hydrogen-bond acceptors (Lipinski definition) is 8. The summed E-state index contributed by atoms with van der Waals surface area (Å²) >= 11 is 0. The van der Waals surface area contributed by atoms with Crippen molar-refractivity contribution in [2.24, 2.45) is 0 Å². The van der Waals surface area contributed by atoms with Crippen LogP contribution in [0.15, 0.2) is 77.7 Å². The van der Waals surface area contributed by atoms with E-state index < -0.39 is 34.2 Å². The summed E-state index contributed by atoms with van der Waals surface area (Å²) in [6, 6.07) is 20.0. The molecule has 1 atom stereocenters. The van der Waals surface area contributed by atoms with E-state index in [1.54, 1.807) is 29.2 Å². The number of carbonyl (C=O) groups excluding carboxylic acids is 2. The van der Waals surface area contributed by atoms with E-state index in [4.69, 9.17) is 13.7 Å². The van der Waals surface area contributed by atoms with Crippen LogP contribution < -0.4 is 9.80 Å². The van der Waals surface area contributed by atoms with Gasteiger partial charge in [-0.2, -0.15) is 8.42 Å². The van der Waals surface area contributed by atoms with E-state index in [1.165, 1.54) is 23.1 Å². The maximum absolute atomic E-state index is 15.2. The minimum Gasteiger partial charge on any atom is -0.445 e. The zero-order chi connectivity index (χ0) is 29.0. The monoisotopic (exact) mass is 583 g/mol. The van der Waals surface area contributed by atoms with Crippen LogP contribution in [0.1, 0.15) is 11.1 Å². The van der Waals surface area contributed by atoms with Gasteiger partial charge in [0.05, 0.1) is 22.8 Å². The van der Waals surface area contributed by atoms with Crippen LogP contribution in [0, 0.1) is 12.7 Å². The number of benzene rings is 3. The van der Waals surface area contributed by atoms with E-state index in [9.17, 15) is 18.0 Å². The van der Waals surface area contributed by atoms with Crippen LogP contribution >= 0.6 is 0 Å². The van der Waals surface area contributed by atoms with Crippen LogP contribution in [0.4, 0.5) is 25.4 Å². The van der Waals surface area contributed by atoms with Gasteiger partial charge in [0.1, 0.15) is 25.1 Å². The number of carbonyl (C=O) groups is 2. The van der Waals surface area contributed by atoms with Gasteiger partial charge < -0.3 is 19.3 Å². The second kappa shape index (κ2) is 12.1. The van der Waals surface area contributed by atoms with Gasteiger partial charge in [-0.1, -0.05) is 48.0 Å². The predicted molar refractivity (Wildman–Crippen MR) is 149 cm³/mol. The van der Waals surface area contributed by atoms with E-state index in [2.05, 4.69) is 0 Å². The summed E-state index contributed by atoms with van der Waals surface area (Å²) in [5.41, 5.74) is 2.43. The number of halogens is 1. The van der Waals surface area contributed by atoms with E-state index in [0.29, 0.717) is 31.9 Å². The van der Waals surface area contributed by atoms with Crippen LogP contribution in [-0.4, -0.2) is 70.9 Å². The van der Waals surface area contributed by atoms with E-state index in [1.807, 2.05) is 42.2 Å². The van der Waals surface area contributed by atoms with Crippen molar-refractivity contribution in [3.63, 3.8) is 0 Å². The molecule has 3 aromatic carbocycles. The van der Waals surface area contributed by atoms with Crippen molar-refractivity contribution in [2.45, 2.75) is 24.5 Å². The summed E-state index contributed by atoms with van der Waals surface area (Å²) in [6.45, 7) is 3.24. The number of anilines is 2. The first-order valence-corrected chi connectivity index (χ1v) is 14.5. The molecule has 2 saturated heterocycles. The lowest BCUT2D eigenvalue weighted by atomic mass is 10.2. The van der Waals surface area contributed by atoms with Crippen molar-refractivity contribution in [3.05, 3.63) is 89.7 Å². The fourth-order valence-corrected chi connectivity index (χ4v) is 5.55. The topological polar surface area (TPSA) is 106 Å². The molecule has 5 rings (SSSR count). The number of nitrogens with zero attached hydrogens (tertiary/aromatic N) is 3.